The van der Waals surface area contributed by atoms with Crippen LogP contribution in [0.3, 0.4) is 0 Å². The van der Waals surface area contributed by atoms with Crippen molar-refractivity contribution in [3.63, 3.8) is 0 Å². The van der Waals surface area contributed by atoms with Gasteiger partial charge in [0, 0.05) is 37.3 Å². The molecule has 8 nitrogen and oxygen atoms in total. The SMILES string of the molecule is CNC(=O)c1cc(NC(=O)C2CCCC(C(=O)Nc3ccc(F)c(C(=O)NC)c3)C2)ccc1F. The summed E-state index contributed by atoms with van der Waals surface area (Å²) >= 11 is 0. The van der Waals surface area contributed by atoms with Gasteiger partial charge in [0.2, 0.25) is 11.8 Å². The van der Waals surface area contributed by atoms with Crippen LogP contribution in [0.4, 0.5) is 20.2 Å². The second-order valence-electron chi connectivity index (χ2n) is 8.09. The van der Waals surface area contributed by atoms with E-state index in [-0.39, 0.29) is 34.3 Å². The van der Waals surface area contributed by atoms with Gasteiger partial charge in [-0.3, -0.25) is 19.2 Å². The van der Waals surface area contributed by atoms with Crippen LogP contribution in [0.1, 0.15) is 46.4 Å². The highest BCUT2D eigenvalue weighted by Gasteiger charge is 2.31. The molecule has 2 unspecified atom stereocenters. The summed E-state index contributed by atoms with van der Waals surface area (Å²) in [5, 5.41) is 10.1. The number of halogens is 2. The fraction of sp³-hybridized carbons (Fsp3) is 0.333. The van der Waals surface area contributed by atoms with Crippen molar-refractivity contribution in [2.45, 2.75) is 25.7 Å². The lowest BCUT2D eigenvalue weighted by Crippen LogP contribution is -2.33. The number of carbonyl (C=O) groups is 4. The summed E-state index contributed by atoms with van der Waals surface area (Å²) in [6.45, 7) is 0. The molecular weight excluding hydrogens is 446 g/mol. The molecule has 0 radical (unpaired) electrons. The van der Waals surface area contributed by atoms with Crippen molar-refractivity contribution < 1.29 is 28.0 Å². The average Bonchev–Trinajstić information content (AvgIpc) is 2.85. The Morgan fingerprint density at radius 2 is 1.15 bits per heavy atom. The fourth-order valence-electron chi connectivity index (χ4n) is 3.98. The van der Waals surface area contributed by atoms with E-state index in [1.807, 2.05) is 0 Å². The topological polar surface area (TPSA) is 116 Å². The van der Waals surface area contributed by atoms with Gasteiger partial charge in [-0.25, -0.2) is 8.78 Å². The Labute approximate surface area is 195 Å². The molecule has 34 heavy (non-hydrogen) atoms. The first-order valence-corrected chi connectivity index (χ1v) is 10.9. The predicted molar refractivity (Wildman–Crippen MR) is 122 cm³/mol. The van der Waals surface area contributed by atoms with Gasteiger partial charge in [0.25, 0.3) is 11.8 Å². The highest BCUT2D eigenvalue weighted by molar-refractivity contribution is 5.99. The Morgan fingerprint density at radius 1 is 0.735 bits per heavy atom. The summed E-state index contributed by atoms with van der Waals surface area (Å²) in [7, 11) is 2.76. The van der Waals surface area contributed by atoms with Gasteiger partial charge in [0.1, 0.15) is 11.6 Å². The van der Waals surface area contributed by atoms with Crippen molar-refractivity contribution >= 4 is 35.0 Å². The quantitative estimate of drug-likeness (QED) is 0.517. The number of benzene rings is 2. The zero-order valence-electron chi connectivity index (χ0n) is 18.8. The van der Waals surface area contributed by atoms with E-state index in [4.69, 9.17) is 0 Å². The highest BCUT2D eigenvalue weighted by atomic mass is 19.1. The van der Waals surface area contributed by atoms with Crippen molar-refractivity contribution in [2.24, 2.45) is 11.8 Å². The molecule has 1 saturated carbocycles. The van der Waals surface area contributed by atoms with E-state index < -0.39 is 35.3 Å². The summed E-state index contributed by atoms with van der Waals surface area (Å²) in [4.78, 5) is 49.2. The molecule has 0 bridgehead atoms. The molecule has 4 amide bonds. The lowest BCUT2D eigenvalue weighted by molar-refractivity contribution is -0.124. The largest absolute Gasteiger partial charge is 0.355 e. The molecule has 2 aromatic rings. The number of rotatable bonds is 6. The van der Waals surface area contributed by atoms with Crippen LogP contribution < -0.4 is 21.3 Å². The molecule has 0 spiro atoms. The van der Waals surface area contributed by atoms with Crippen LogP contribution >= 0.6 is 0 Å². The standard InChI is InChI=1S/C24H26F2N4O4/c1-27-23(33)17-11-15(6-8-19(17)25)29-21(31)13-4-3-5-14(10-13)22(32)30-16-7-9-20(26)18(12-16)24(34)28-2/h6-9,11-14H,3-5,10H2,1-2H3,(H,27,33)(H,28,34)(H,29,31)(H,30,32). The molecule has 4 N–H and O–H groups in total. The Balaban J connectivity index is 1.65. The molecule has 1 aliphatic carbocycles. The van der Waals surface area contributed by atoms with Crippen molar-refractivity contribution in [2.75, 3.05) is 24.7 Å². The van der Waals surface area contributed by atoms with Crippen LogP contribution in [0.5, 0.6) is 0 Å². The van der Waals surface area contributed by atoms with Crippen molar-refractivity contribution in [3.05, 3.63) is 59.2 Å². The van der Waals surface area contributed by atoms with Crippen molar-refractivity contribution in [3.8, 4) is 0 Å². The first-order valence-electron chi connectivity index (χ1n) is 10.9. The summed E-state index contributed by atoms with van der Waals surface area (Å²) in [5.74, 6) is -4.17. The molecule has 1 aliphatic rings. The molecule has 2 atom stereocenters. The second kappa shape index (κ2) is 10.9. The van der Waals surface area contributed by atoms with E-state index in [9.17, 15) is 28.0 Å². The van der Waals surface area contributed by atoms with E-state index in [2.05, 4.69) is 21.3 Å². The first-order chi connectivity index (χ1) is 16.2. The van der Waals surface area contributed by atoms with Gasteiger partial charge in [0.15, 0.2) is 0 Å². The number of nitrogens with one attached hydrogen (secondary N) is 4. The second-order valence-corrected chi connectivity index (χ2v) is 8.09. The summed E-state index contributed by atoms with van der Waals surface area (Å²) < 4.78 is 27.7. The number of amides is 4. The number of anilines is 2. The lowest BCUT2D eigenvalue weighted by Gasteiger charge is -2.27. The molecule has 0 saturated heterocycles. The zero-order valence-corrected chi connectivity index (χ0v) is 18.8. The van der Waals surface area contributed by atoms with Gasteiger partial charge >= 0.3 is 0 Å². The molecule has 0 heterocycles. The predicted octanol–water partition coefficient (Wildman–Crippen LogP) is 3.07. The lowest BCUT2D eigenvalue weighted by atomic mass is 9.80. The minimum absolute atomic E-state index is 0.184. The number of hydrogen-bond acceptors (Lipinski definition) is 4. The van der Waals surface area contributed by atoms with Crippen LogP contribution in [-0.2, 0) is 9.59 Å². The summed E-state index contributed by atoms with van der Waals surface area (Å²) in [6, 6.07) is 7.46. The van der Waals surface area contributed by atoms with E-state index in [0.717, 1.165) is 12.1 Å². The summed E-state index contributed by atoms with van der Waals surface area (Å²) in [6.07, 6.45) is 2.10. The molecule has 10 heteroatoms. The van der Waals surface area contributed by atoms with Crippen LogP contribution in [0, 0.1) is 23.5 Å². The third-order valence-corrected chi connectivity index (χ3v) is 5.83. The van der Waals surface area contributed by atoms with Crippen LogP contribution in [-0.4, -0.2) is 37.7 Å². The first kappa shape index (κ1) is 24.8. The van der Waals surface area contributed by atoms with Crippen LogP contribution in [0.2, 0.25) is 0 Å². The zero-order chi connectivity index (χ0) is 24.8. The summed E-state index contributed by atoms with van der Waals surface area (Å²) in [5.41, 5.74) is 0.197. The number of hydrogen-bond donors (Lipinski definition) is 4. The van der Waals surface area contributed by atoms with E-state index in [1.165, 1.54) is 38.4 Å². The van der Waals surface area contributed by atoms with Crippen molar-refractivity contribution in [1.29, 1.82) is 0 Å². The maximum absolute atomic E-state index is 13.9. The number of carbonyl (C=O) groups excluding carboxylic acids is 4. The molecule has 180 valence electrons. The van der Waals surface area contributed by atoms with Gasteiger partial charge in [-0.05, 0) is 55.7 Å². The van der Waals surface area contributed by atoms with E-state index in [0.29, 0.717) is 25.7 Å². The molecular formula is C24H26F2N4O4. The maximum atomic E-state index is 13.9. The van der Waals surface area contributed by atoms with Gasteiger partial charge in [-0.2, -0.15) is 0 Å². The molecule has 3 rings (SSSR count). The Kier molecular flexibility index (Phi) is 7.93. The minimum Gasteiger partial charge on any atom is -0.355 e. The van der Waals surface area contributed by atoms with Gasteiger partial charge in [0.05, 0.1) is 11.1 Å². The van der Waals surface area contributed by atoms with Crippen LogP contribution in [0.15, 0.2) is 36.4 Å². The Bertz CT molecular complexity index is 1040. The third-order valence-electron chi connectivity index (χ3n) is 5.83. The van der Waals surface area contributed by atoms with Crippen molar-refractivity contribution in [1.82, 2.24) is 10.6 Å². The van der Waals surface area contributed by atoms with Gasteiger partial charge in [-0.1, -0.05) is 6.42 Å². The Morgan fingerprint density at radius 3 is 1.53 bits per heavy atom. The molecule has 0 aromatic heterocycles. The molecule has 2 aromatic carbocycles. The van der Waals surface area contributed by atoms with E-state index >= 15 is 0 Å². The van der Waals surface area contributed by atoms with E-state index in [1.54, 1.807) is 0 Å². The Hall–Kier alpha value is -3.82. The fourth-order valence-corrected chi connectivity index (χ4v) is 3.98. The molecule has 1 fully saturated rings. The van der Waals surface area contributed by atoms with Gasteiger partial charge in [-0.15, -0.1) is 0 Å². The highest BCUT2D eigenvalue weighted by Crippen LogP contribution is 2.31. The minimum atomic E-state index is -0.702. The molecule has 0 aliphatic heterocycles. The smallest absolute Gasteiger partial charge is 0.254 e. The third kappa shape index (κ3) is 5.75. The average molecular weight is 472 g/mol. The normalized spacial score (nSPS) is 17.4. The maximum Gasteiger partial charge on any atom is 0.254 e. The monoisotopic (exact) mass is 472 g/mol. The van der Waals surface area contributed by atoms with Gasteiger partial charge < -0.3 is 21.3 Å². The van der Waals surface area contributed by atoms with Crippen LogP contribution in [0.25, 0.3) is 0 Å².